The molecule has 1 aromatic carbocycles. The number of anilines is 1. The van der Waals surface area contributed by atoms with Gasteiger partial charge in [0, 0.05) is 11.1 Å². The topological polar surface area (TPSA) is 49.3 Å². The van der Waals surface area contributed by atoms with E-state index in [-0.39, 0.29) is 5.56 Å². The standard InChI is InChI=1S/C14H18ClNO2/c1-2-11(7-9-3-4-9)16-13-8-10(15)5-6-12(13)14(17)18/h5-6,8-9,11,16H,2-4,7H2,1H3,(H,17,18). The highest BCUT2D eigenvalue weighted by Crippen LogP contribution is 2.35. The third kappa shape index (κ3) is 3.39. The van der Waals surface area contributed by atoms with Crippen LogP contribution in [0.15, 0.2) is 18.2 Å². The zero-order valence-corrected chi connectivity index (χ0v) is 11.2. The molecule has 2 rings (SSSR count). The number of aromatic carboxylic acids is 1. The minimum Gasteiger partial charge on any atom is -0.478 e. The highest BCUT2D eigenvalue weighted by atomic mass is 35.5. The normalized spacial score (nSPS) is 16.3. The van der Waals surface area contributed by atoms with Crippen molar-refractivity contribution in [1.29, 1.82) is 0 Å². The number of hydrogen-bond donors (Lipinski definition) is 2. The van der Waals surface area contributed by atoms with E-state index in [0.29, 0.717) is 16.8 Å². The molecule has 0 amide bonds. The van der Waals surface area contributed by atoms with Crippen molar-refractivity contribution < 1.29 is 9.90 Å². The fourth-order valence-electron chi connectivity index (χ4n) is 2.13. The lowest BCUT2D eigenvalue weighted by Crippen LogP contribution is -2.20. The summed E-state index contributed by atoms with van der Waals surface area (Å²) in [5.41, 5.74) is 0.913. The molecule has 1 unspecified atom stereocenters. The van der Waals surface area contributed by atoms with Crippen LogP contribution in [0.25, 0.3) is 0 Å². The Morgan fingerprint density at radius 1 is 1.56 bits per heavy atom. The van der Waals surface area contributed by atoms with Crippen molar-refractivity contribution >= 4 is 23.3 Å². The summed E-state index contributed by atoms with van der Waals surface area (Å²) in [4.78, 5) is 11.2. The van der Waals surface area contributed by atoms with Crippen LogP contribution in [0.3, 0.4) is 0 Å². The minimum atomic E-state index is -0.921. The predicted octanol–water partition coefficient (Wildman–Crippen LogP) is 4.03. The van der Waals surface area contributed by atoms with E-state index in [9.17, 15) is 4.79 Å². The third-order valence-electron chi connectivity index (χ3n) is 3.38. The van der Waals surface area contributed by atoms with E-state index in [1.54, 1.807) is 18.2 Å². The Bertz CT molecular complexity index is 443. The molecule has 1 aliphatic rings. The molecule has 1 aliphatic carbocycles. The quantitative estimate of drug-likeness (QED) is 0.818. The van der Waals surface area contributed by atoms with Crippen molar-refractivity contribution in [2.45, 2.75) is 38.6 Å². The van der Waals surface area contributed by atoms with Gasteiger partial charge in [0.15, 0.2) is 0 Å². The Hall–Kier alpha value is -1.22. The molecule has 1 fully saturated rings. The molecule has 0 radical (unpaired) electrons. The van der Waals surface area contributed by atoms with Gasteiger partial charge in [0.25, 0.3) is 0 Å². The lowest BCUT2D eigenvalue weighted by atomic mass is 10.1. The van der Waals surface area contributed by atoms with E-state index in [4.69, 9.17) is 16.7 Å². The molecular weight excluding hydrogens is 250 g/mol. The van der Waals surface area contributed by atoms with Gasteiger partial charge in [-0.25, -0.2) is 4.79 Å². The van der Waals surface area contributed by atoms with E-state index in [0.717, 1.165) is 18.8 Å². The number of carbonyl (C=O) groups is 1. The minimum absolute atomic E-state index is 0.286. The van der Waals surface area contributed by atoms with Crippen LogP contribution in [-0.2, 0) is 0 Å². The van der Waals surface area contributed by atoms with Crippen LogP contribution in [0.1, 0.15) is 43.0 Å². The monoisotopic (exact) mass is 267 g/mol. The van der Waals surface area contributed by atoms with Gasteiger partial charge in [-0.2, -0.15) is 0 Å². The van der Waals surface area contributed by atoms with Gasteiger partial charge in [-0.3, -0.25) is 0 Å². The van der Waals surface area contributed by atoms with Crippen LogP contribution < -0.4 is 5.32 Å². The lowest BCUT2D eigenvalue weighted by Gasteiger charge is -2.19. The van der Waals surface area contributed by atoms with Crippen molar-refractivity contribution in [2.75, 3.05) is 5.32 Å². The second-order valence-corrected chi connectivity index (χ2v) is 5.36. The summed E-state index contributed by atoms with van der Waals surface area (Å²) in [6.45, 7) is 2.12. The van der Waals surface area contributed by atoms with Gasteiger partial charge >= 0.3 is 5.97 Å². The smallest absolute Gasteiger partial charge is 0.337 e. The van der Waals surface area contributed by atoms with Crippen LogP contribution in [0.5, 0.6) is 0 Å². The molecule has 3 nitrogen and oxygen atoms in total. The summed E-state index contributed by atoms with van der Waals surface area (Å²) in [7, 11) is 0. The molecule has 2 N–H and O–H groups in total. The second-order valence-electron chi connectivity index (χ2n) is 4.92. The highest BCUT2D eigenvalue weighted by molar-refractivity contribution is 6.31. The molecule has 1 atom stereocenters. The molecular formula is C14H18ClNO2. The van der Waals surface area contributed by atoms with Crippen LogP contribution in [0, 0.1) is 5.92 Å². The van der Waals surface area contributed by atoms with Gasteiger partial charge < -0.3 is 10.4 Å². The van der Waals surface area contributed by atoms with Crippen LogP contribution in [0.2, 0.25) is 5.02 Å². The number of rotatable bonds is 6. The third-order valence-corrected chi connectivity index (χ3v) is 3.61. The fraction of sp³-hybridized carbons (Fsp3) is 0.500. The Morgan fingerprint density at radius 2 is 2.28 bits per heavy atom. The number of carboxylic acid groups (broad SMARTS) is 1. The second kappa shape index (κ2) is 5.61. The zero-order valence-electron chi connectivity index (χ0n) is 10.4. The van der Waals surface area contributed by atoms with E-state index in [1.807, 2.05) is 0 Å². The van der Waals surface area contributed by atoms with Gasteiger partial charge in [0.2, 0.25) is 0 Å². The largest absolute Gasteiger partial charge is 0.478 e. The molecule has 0 spiro atoms. The highest BCUT2D eigenvalue weighted by Gasteiger charge is 2.25. The van der Waals surface area contributed by atoms with Crippen LogP contribution >= 0.6 is 11.6 Å². The maximum absolute atomic E-state index is 11.2. The molecule has 98 valence electrons. The maximum atomic E-state index is 11.2. The van der Waals surface area contributed by atoms with Gasteiger partial charge in [-0.1, -0.05) is 31.4 Å². The van der Waals surface area contributed by atoms with E-state index in [2.05, 4.69) is 12.2 Å². The van der Waals surface area contributed by atoms with Crippen LogP contribution in [-0.4, -0.2) is 17.1 Å². The van der Waals surface area contributed by atoms with Crippen LogP contribution in [0.4, 0.5) is 5.69 Å². The summed E-state index contributed by atoms with van der Waals surface area (Å²) in [6.07, 6.45) is 4.71. The Labute approximate surface area is 112 Å². The first-order valence-corrected chi connectivity index (χ1v) is 6.77. The van der Waals surface area contributed by atoms with E-state index < -0.39 is 5.97 Å². The first-order valence-electron chi connectivity index (χ1n) is 6.39. The Kier molecular flexibility index (Phi) is 4.12. The lowest BCUT2D eigenvalue weighted by molar-refractivity contribution is 0.0698. The van der Waals surface area contributed by atoms with Crippen molar-refractivity contribution in [3.05, 3.63) is 28.8 Å². The van der Waals surface area contributed by atoms with Crippen molar-refractivity contribution in [1.82, 2.24) is 0 Å². The zero-order chi connectivity index (χ0) is 13.1. The van der Waals surface area contributed by atoms with Gasteiger partial charge in [-0.15, -0.1) is 0 Å². The number of benzene rings is 1. The van der Waals surface area contributed by atoms with Gasteiger partial charge in [-0.05, 0) is 37.0 Å². The summed E-state index contributed by atoms with van der Waals surface area (Å²) in [6, 6.07) is 5.18. The number of nitrogens with one attached hydrogen (secondary N) is 1. The average molecular weight is 268 g/mol. The van der Waals surface area contributed by atoms with Crippen molar-refractivity contribution in [3.63, 3.8) is 0 Å². The molecule has 18 heavy (non-hydrogen) atoms. The SMILES string of the molecule is CCC(CC1CC1)Nc1cc(Cl)ccc1C(=O)O. The molecule has 0 aromatic heterocycles. The average Bonchev–Trinajstić information content (AvgIpc) is 3.11. The summed E-state index contributed by atoms with van der Waals surface area (Å²) >= 11 is 5.93. The van der Waals surface area contributed by atoms with Gasteiger partial charge in [0.1, 0.15) is 0 Å². The number of carboxylic acids is 1. The van der Waals surface area contributed by atoms with Crippen molar-refractivity contribution in [3.8, 4) is 0 Å². The number of hydrogen-bond acceptors (Lipinski definition) is 2. The van der Waals surface area contributed by atoms with E-state index >= 15 is 0 Å². The molecule has 0 saturated heterocycles. The predicted molar refractivity (Wildman–Crippen MR) is 73.5 cm³/mol. The molecule has 0 bridgehead atoms. The summed E-state index contributed by atoms with van der Waals surface area (Å²) in [5.74, 6) is -0.106. The Balaban J connectivity index is 2.14. The molecule has 4 heteroatoms. The molecule has 0 heterocycles. The fourth-order valence-corrected chi connectivity index (χ4v) is 2.30. The first kappa shape index (κ1) is 13.2. The van der Waals surface area contributed by atoms with E-state index in [1.165, 1.54) is 12.8 Å². The molecule has 1 aromatic rings. The molecule has 0 aliphatic heterocycles. The first-order chi connectivity index (χ1) is 8.60. The molecule has 1 saturated carbocycles. The van der Waals surface area contributed by atoms with Gasteiger partial charge in [0.05, 0.1) is 11.3 Å². The number of halogens is 1. The summed E-state index contributed by atoms with van der Waals surface area (Å²) < 4.78 is 0. The Morgan fingerprint density at radius 3 is 2.83 bits per heavy atom. The van der Waals surface area contributed by atoms with Crippen molar-refractivity contribution in [2.24, 2.45) is 5.92 Å². The maximum Gasteiger partial charge on any atom is 0.337 e. The summed E-state index contributed by atoms with van der Waals surface area (Å²) in [5, 5.41) is 13.0.